The van der Waals surface area contributed by atoms with Crippen LogP contribution in [0, 0.1) is 0 Å². The summed E-state index contributed by atoms with van der Waals surface area (Å²) < 4.78 is 5.62. The molecule has 1 aromatic rings. The highest BCUT2D eigenvalue weighted by atomic mass is 127. The summed E-state index contributed by atoms with van der Waals surface area (Å²) in [5.74, 6) is 0.908. The van der Waals surface area contributed by atoms with E-state index >= 15 is 0 Å². The molecule has 0 saturated carbocycles. The van der Waals surface area contributed by atoms with E-state index in [9.17, 15) is 4.79 Å². The zero-order valence-electron chi connectivity index (χ0n) is 18.8. The maximum absolute atomic E-state index is 11.9. The fourth-order valence-corrected chi connectivity index (χ4v) is 3.67. The lowest BCUT2D eigenvalue weighted by Crippen LogP contribution is -2.50. The van der Waals surface area contributed by atoms with E-state index in [1.165, 1.54) is 0 Å². The second kappa shape index (κ2) is 15.7. The van der Waals surface area contributed by atoms with Crippen LogP contribution in [0.2, 0.25) is 5.02 Å². The van der Waals surface area contributed by atoms with Crippen LogP contribution in [-0.4, -0.2) is 69.2 Å². The number of carbonyl (C=O) groups excluding carboxylic acids is 1. The van der Waals surface area contributed by atoms with Gasteiger partial charge in [-0.05, 0) is 43.9 Å². The number of hydrogen-bond acceptors (Lipinski definition) is 4. The average Bonchev–Trinajstić information content (AvgIpc) is 2.74. The van der Waals surface area contributed by atoms with Gasteiger partial charge in [0.2, 0.25) is 5.91 Å². The minimum atomic E-state index is -0.150. The number of ether oxygens (including phenoxy) is 1. The molecule has 0 bridgehead atoms. The lowest BCUT2D eigenvalue weighted by atomic mass is 10.1. The number of aliphatic imine (C=N–C) groups is 1. The van der Waals surface area contributed by atoms with Crippen LogP contribution in [0.25, 0.3) is 0 Å². The third-order valence-electron chi connectivity index (χ3n) is 5.13. The minimum absolute atomic E-state index is 0. The molecule has 1 aliphatic heterocycles. The quantitative estimate of drug-likeness (QED) is 0.231. The predicted octanol–water partition coefficient (Wildman–Crippen LogP) is 3.19. The summed E-state index contributed by atoms with van der Waals surface area (Å²) in [5, 5.41) is 10.5. The Morgan fingerprint density at radius 1 is 1.29 bits per heavy atom. The summed E-state index contributed by atoms with van der Waals surface area (Å²) in [4.78, 5) is 18.9. The second-order valence-electron chi connectivity index (χ2n) is 7.54. The molecular formula is C22H37ClIN5O2. The van der Waals surface area contributed by atoms with Crippen LogP contribution in [0.4, 0.5) is 0 Å². The van der Waals surface area contributed by atoms with E-state index in [4.69, 9.17) is 21.3 Å². The summed E-state index contributed by atoms with van der Waals surface area (Å²) in [6.07, 6.45) is 2.77. The van der Waals surface area contributed by atoms with Crippen LogP contribution < -0.4 is 16.0 Å². The van der Waals surface area contributed by atoms with E-state index in [2.05, 4.69) is 34.7 Å². The van der Waals surface area contributed by atoms with Gasteiger partial charge in [0.1, 0.15) is 6.10 Å². The van der Waals surface area contributed by atoms with Crippen molar-refractivity contribution in [1.29, 1.82) is 0 Å². The molecule has 1 aromatic carbocycles. The number of piperidine rings is 1. The van der Waals surface area contributed by atoms with Crippen molar-refractivity contribution in [2.45, 2.75) is 45.3 Å². The Labute approximate surface area is 208 Å². The van der Waals surface area contributed by atoms with Crippen LogP contribution in [0.3, 0.4) is 0 Å². The Kier molecular flexibility index (Phi) is 14.1. The second-order valence-corrected chi connectivity index (χ2v) is 7.98. The number of amides is 1. The van der Waals surface area contributed by atoms with Crippen molar-refractivity contribution in [1.82, 2.24) is 20.9 Å². The highest BCUT2D eigenvalue weighted by molar-refractivity contribution is 14.0. The molecule has 1 aliphatic rings. The highest BCUT2D eigenvalue weighted by Crippen LogP contribution is 2.20. The normalized spacial score (nSPS) is 16.3. The first-order valence-electron chi connectivity index (χ1n) is 10.9. The maximum Gasteiger partial charge on any atom is 0.234 e. The molecule has 1 unspecified atom stereocenters. The van der Waals surface area contributed by atoms with Crippen LogP contribution >= 0.6 is 35.6 Å². The Hall–Kier alpha value is -1.10. The number of hydrogen-bond donors (Lipinski definition) is 3. The largest absolute Gasteiger partial charge is 0.375 e. The van der Waals surface area contributed by atoms with E-state index in [0.29, 0.717) is 24.2 Å². The van der Waals surface area contributed by atoms with Gasteiger partial charge in [0.15, 0.2) is 5.96 Å². The Bertz CT molecular complexity index is 684. The van der Waals surface area contributed by atoms with Crippen LogP contribution in [0.1, 0.15) is 44.8 Å². The Balaban J connectivity index is 0.00000480. The Morgan fingerprint density at radius 3 is 2.65 bits per heavy atom. The standard InChI is InChI=1S/C22H36ClN5O2.HI/c1-4-11-25-21(29)16-28-12-9-19(10-13-28)27-22(24-5-2)26-15-20(30-3)17-7-6-8-18(23)14-17;/h6-8,14,19-20H,4-5,9-13,15-16H2,1-3H3,(H,25,29)(H2,24,26,27);1H. The fourth-order valence-electron chi connectivity index (χ4n) is 3.47. The minimum Gasteiger partial charge on any atom is -0.375 e. The van der Waals surface area contributed by atoms with Crippen molar-refractivity contribution in [2.24, 2.45) is 4.99 Å². The number of methoxy groups -OCH3 is 1. The summed E-state index contributed by atoms with van der Waals surface area (Å²) in [5.41, 5.74) is 1.01. The number of halogens is 2. The van der Waals surface area contributed by atoms with Gasteiger partial charge < -0.3 is 20.7 Å². The van der Waals surface area contributed by atoms with Gasteiger partial charge in [-0.3, -0.25) is 14.7 Å². The molecule has 1 fully saturated rings. The smallest absolute Gasteiger partial charge is 0.234 e. The number of nitrogens with one attached hydrogen (secondary N) is 3. The average molecular weight is 566 g/mol. The molecule has 0 radical (unpaired) electrons. The summed E-state index contributed by atoms with van der Waals surface area (Å²) in [6, 6.07) is 8.03. The maximum atomic E-state index is 11.9. The zero-order chi connectivity index (χ0) is 21.8. The molecule has 3 N–H and O–H groups in total. The molecule has 1 saturated heterocycles. The third-order valence-corrected chi connectivity index (χ3v) is 5.37. The molecule has 0 aliphatic carbocycles. The van der Waals surface area contributed by atoms with Crippen molar-refractivity contribution < 1.29 is 9.53 Å². The van der Waals surface area contributed by atoms with E-state index in [0.717, 1.165) is 57.0 Å². The Morgan fingerprint density at radius 2 is 2.03 bits per heavy atom. The van der Waals surface area contributed by atoms with Crippen LogP contribution in [-0.2, 0) is 9.53 Å². The number of nitrogens with zero attached hydrogens (tertiary/aromatic N) is 2. The van der Waals surface area contributed by atoms with Crippen molar-refractivity contribution in [3.8, 4) is 0 Å². The van der Waals surface area contributed by atoms with Crippen molar-refractivity contribution in [3.05, 3.63) is 34.9 Å². The van der Waals surface area contributed by atoms with Gasteiger partial charge in [0.05, 0.1) is 13.1 Å². The van der Waals surface area contributed by atoms with E-state index in [1.807, 2.05) is 24.3 Å². The monoisotopic (exact) mass is 565 g/mol. The van der Waals surface area contributed by atoms with Gasteiger partial charge in [0, 0.05) is 44.4 Å². The SMILES string of the molecule is CCCNC(=O)CN1CCC(NC(=NCC(OC)c2cccc(Cl)c2)NCC)CC1.I. The molecule has 176 valence electrons. The number of likely N-dealkylation sites (tertiary alicyclic amines) is 1. The van der Waals surface area contributed by atoms with Crippen molar-refractivity contribution >= 4 is 47.4 Å². The lowest BCUT2D eigenvalue weighted by molar-refractivity contribution is -0.122. The number of rotatable bonds is 10. The van der Waals surface area contributed by atoms with Gasteiger partial charge in [0.25, 0.3) is 0 Å². The molecule has 7 nitrogen and oxygen atoms in total. The third kappa shape index (κ3) is 10.4. The first-order valence-corrected chi connectivity index (χ1v) is 11.3. The lowest BCUT2D eigenvalue weighted by Gasteiger charge is -2.32. The summed E-state index contributed by atoms with van der Waals surface area (Å²) in [7, 11) is 1.69. The van der Waals surface area contributed by atoms with Crippen molar-refractivity contribution in [2.75, 3.05) is 46.4 Å². The molecular weight excluding hydrogens is 529 g/mol. The fraction of sp³-hybridized carbons (Fsp3) is 0.636. The summed E-state index contributed by atoms with van der Waals surface area (Å²) >= 11 is 6.11. The first kappa shape index (κ1) is 27.9. The van der Waals surface area contributed by atoms with E-state index < -0.39 is 0 Å². The van der Waals surface area contributed by atoms with Gasteiger partial charge in [-0.1, -0.05) is 30.7 Å². The van der Waals surface area contributed by atoms with Gasteiger partial charge in [-0.25, -0.2) is 0 Å². The first-order chi connectivity index (χ1) is 14.5. The number of carbonyl (C=O) groups is 1. The van der Waals surface area contributed by atoms with Crippen molar-refractivity contribution in [3.63, 3.8) is 0 Å². The molecule has 1 amide bonds. The molecule has 1 heterocycles. The van der Waals surface area contributed by atoms with E-state index in [1.54, 1.807) is 7.11 Å². The molecule has 0 spiro atoms. The van der Waals surface area contributed by atoms with Gasteiger partial charge in [-0.2, -0.15) is 0 Å². The molecule has 9 heteroatoms. The number of guanidine groups is 1. The summed E-state index contributed by atoms with van der Waals surface area (Å²) in [6.45, 7) is 8.44. The van der Waals surface area contributed by atoms with E-state index in [-0.39, 0.29) is 36.0 Å². The van der Waals surface area contributed by atoms with Gasteiger partial charge >= 0.3 is 0 Å². The zero-order valence-corrected chi connectivity index (χ0v) is 21.9. The highest BCUT2D eigenvalue weighted by Gasteiger charge is 2.21. The molecule has 2 rings (SSSR count). The molecule has 1 atom stereocenters. The van der Waals surface area contributed by atoms with Crippen LogP contribution in [0.5, 0.6) is 0 Å². The van der Waals surface area contributed by atoms with Crippen LogP contribution in [0.15, 0.2) is 29.3 Å². The van der Waals surface area contributed by atoms with Gasteiger partial charge in [-0.15, -0.1) is 24.0 Å². The number of benzene rings is 1. The molecule has 31 heavy (non-hydrogen) atoms. The predicted molar refractivity (Wildman–Crippen MR) is 138 cm³/mol. The molecule has 0 aromatic heterocycles. The topological polar surface area (TPSA) is 78.0 Å².